The Morgan fingerprint density at radius 1 is 1.20 bits per heavy atom. The van der Waals surface area contributed by atoms with Gasteiger partial charge in [-0.1, -0.05) is 25.1 Å². The van der Waals surface area contributed by atoms with Gasteiger partial charge in [-0.05, 0) is 24.7 Å². The molecule has 1 atom stereocenters. The SMILES string of the molecule is CCN1CN=C2N[C@@H](c3cccnc3)n3c(nc4ccccc43)N2C1. The zero-order valence-electron chi connectivity index (χ0n) is 14.0. The van der Waals surface area contributed by atoms with E-state index in [1.807, 2.05) is 18.3 Å². The quantitative estimate of drug-likeness (QED) is 0.777. The molecule has 5 rings (SSSR count). The fourth-order valence-electron chi connectivity index (χ4n) is 3.48. The minimum Gasteiger partial charge on any atom is -0.331 e. The number of aliphatic imine (C=N–C) groups is 1. The molecule has 1 aromatic carbocycles. The summed E-state index contributed by atoms with van der Waals surface area (Å²) >= 11 is 0. The van der Waals surface area contributed by atoms with Crippen LogP contribution in [0.2, 0.25) is 0 Å². The molecular weight excluding hydrogens is 314 g/mol. The lowest BCUT2D eigenvalue weighted by Crippen LogP contribution is -2.57. The molecule has 2 aliphatic rings. The lowest BCUT2D eigenvalue weighted by atomic mass is 10.2. The molecule has 0 fully saturated rings. The Morgan fingerprint density at radius 2 is 2.12 bits per heavy atom. The van der Waals surface area contributed by atoms with Gasteiger partial charge in [-0.3, -0.25) is 19.4 Å². The first-order chi connectivity index (χ1) is 12.3. The standard InChI is InChI=1S/C18H19N7/c1-2-23-11-20-17-22-16(13-6-5-9-19-10-13)25-15-8-4-3-7-14(15)21-18(25)24(17)12-23/h3-10,16H,2,11-12H2,1H3,(H,20,22)/t16-/m1/s1. The molecule has 3 aromatic rings. The van der Waals surface area contributed by atoms with Crippen LogP contribution in [0.25, 0.3) is 11.0 Å². The molecule has 0 unspecified atom stereocenters. The van der Waals surface area contributed by atoms with Crippen LogP contribution in [0.4, 0.5) is 5.95 Å². The molecule has 2 aromatic heterocycles. The summed E-state index contributed by atoms with van der Waals surface area (Å²) in [6, 6.07) is 12.3. The Labute approximate surface area is 145 Å². The maximum absolute atomic E-state index is 4.90. The van der Waals surface area contributed by atoms with Gasteiger partial charge in [-0.25, -0.2) is 9.98 Å². The van der Waals surface area contributed by atoms with E-state index < -0.39 is 0 Å². The fraction of sp³-hybridized carbons (Fsp3) is 0.278. The van der Waals surface area contributed by atoms with E-state index in [0.29, 0.717) is 6.67 Å². The Kier molecular flexibility index (Phi) is 3.21. The third kappa shape index (κ3) is 2.20. The Balaban J connectivity index is 1.73. The maximum Gasteiger partial charge on any atom is 0.216 e. The van der Waals surface area contributed by atoms with Crippen molar-refractivity contribution in [3.63, 3.8) is 0 Å². The minimum atomic E-state index is -0.0701. The van der Waals surface area contributed by atoms with Crippen molar-refractivity contribution in [3.8, 4) is 0 Å². The second kappa shape index (κ2) is 5.56. The number of fused-ring (bicyclic) bond motifs is 5. The molecule has 126 valence electrons. The van der Waals surface area contributed by atoms with Gasteiger partial charge in [0.05, 0.1) is 24.4 Å². The molecule has 0 saturated heterocycles. The summed E-state index contributed by atoms with van der Waals surface area (Å²) in [5.41, 5.74) is 3.18. The van der Waals surface area contributed by atoms with Crippen LogP contribution in [0, 0.1) is 0 Å². The average molecular weight is 333 g/mol. The van der Waals surface area contributed by atoms with E-state index in [1.54, 1.807) is 6.20 Å². The largest absolute Gasteiger partial charge is 0.331 e. The molecule has 0 aliphatic carbocycles. The molecule has 0 radical (unpaired) electrons. The summed E-state index contributed by atoms with van der Waals surface area (Å²) in [7, 11) is 0. The van der Waals surface area contributed by atoms with Crippen molar-refractivity contribution >= 4 is 22.9 Å². The molecule has 0 amide bonds. The van der Waals surface area contributed by atoms with Crippen LogP contribution >= 0.6 is 0 Å². The number of rotatable bonds is 2. The molecule has 1 N–H and O–H groups in total. The number of hydrogen-bond donors (Lipinski definition) is 1. The highest BCUT2D eigenvalue weighted by atomic mass is 15.5. The van der Waals surface area contributed by atoms with Crippen molar-refractivity contribution < 1.29 is 0 Å². The summed E-state index contributed by atoms with van der Waals surface area (Å²) in [5, 5.41) is 3.58. The maximum atomic E-state index is 4.90. The van der Waals surface area contributed by atoms with Crippen molar-refractivity contribution in [2.75, 3.05) is 24.8 Å². The fourth-order valence-corrected chi connectivity index (χ4v) is 3.48. The molecule has 0 saturated carbocycles. The first kappa shape index (κ1) is 14.4. The van der Waals surface area contributed by atoms with Crippen molar-refractivity contribution in [3.05, 3.63) is 54.4 Å². The summed E-state index contributed by atoms with van der Waals surface area (Å²) in [4.78, 5) is 18.4. The van der Waals surface area contributed by atoms with Crippen LogP contribution in [0.3, 0.4) is 0 Å². The van der Waals surface area contributed by atoms with E-state index in [1.165, 1.54) is 0 Å². The summed E-state index contributed by atoms with van der Waals surface area (Å²) < 4.78 is 2.24. The molecule has 0 spiro atoms. The topological polar surface area (TPSA) is 61.6 Å². The van der Waals surface area contributed by atoms with Crippen LogP contribution in [0.5, 0.6) is 0 Å². The van der Waals surface area contributed by atoms with Gasteiger partial charge < -0.3 is 5.32 Å². The van der Waals surface area contributed by atoms with Crippen molar-refractivity contribution in [2.24, 2.45) is 4.99 Å². The third-order valence-electron chi connectivity index (χ3n) is 4.81. The third-order valence-corrected chi connectivity index (χ3v) is 4.81. The Morgan fingerprint density at radius 3 is 2.96 bits per heavy atom. The van der Waals surface area contributed by atoms with Crippen LogP contribution in [-0.4, -0.2) is 45.3 Å². The van der Waals surface area contributed by atoms with Crippen LogP contribution in [-0.2, 0) is 0 Å². The molecule has 25 heavy (non-hydrogen) atoms. The van der Waals surface area contributed by atoms with Crippen LogP contribution in [0.1, 0.15) is 18.7 Å². The first-order valence-corrected chi connectivity index (χ1v) is 8.53. The van der Waals surface area contributed by atoms with E-state index in [9.17, 15) is 0 Å². The average Bonchev–Trinajstić information content (AvgIpc) is 3.07. The Hall–Kier alpha value is -2.93. The molecule has 2 aliphatic heterocycles. The number of hydrogen-bond acceptors (Lipinski definition) is 6. The van der Waals surface area contributed by atoms with Gasteiger partial charge >= 0.3 is 0 Å². The molecule has 4 heterocycles. The highest BCUT2D eigenvalue weighted by molar-refractivity contribution is 5.98. The molecule has 7 heteroatoms. The highest BCUT2D eigenvalue weighted by Gasteiger charge is 2.35. The van der Waals surface area contributed by atoms with Crippen molar-refractivity contribution in [1.29, 1.82) is 0 Å². The van der Waals surface area contributed by atoms with E-state index in [0.717, 1.165) is 41.7 Å². The Bertz CT molecular complexity index is 946. The van der Waals surface area contributed by atoms with Crippen LogP contribution < -0.4 is 10.2 Å². The number of pyridine rings is 1. The van der Waals surface area contributed by atoms with Gasteiger partial charge in [-0.2, -0.15) is 0 Å². The normalized spacial score (nSPS) is 20.0. The van der Waals surface area contributed by atoms with Gasteiger partial charge in [0.2, 0.25) is 11.9 Å². The smallest absolute Gasteiger partial charge is 0.216 e. The van der Waals surface area contributed by atoms with E-state index in [2.05, 4.69) is 55.9 Å². The molecular formula is C18H19N7. The second-order valence-electron chi connectivity index (χ2n) is 6.28. The number of para-hydroxylation sites is 2. The lowest BCUT2D eigenvalue weighted by molar-refractivity contribution is 0.286. The van der Waals surface area contributed by atoms with E-state index in [-0.39, 0.29) is 6.17 Å². The number of nitrogens with one attached hydrogen (secondary N) is 1. The number of imidazole rings is 1. The number of benzene rings is 1. The highest BCUT2D eigenvalue weighted by Crippen LogP contribution is 2.33. The second-order valence-corrected chi connectivity index (χ2v) is 6.28. The van der Waals surface area contributed by atoms with Crippen LogP contribution in [0.15, 0.2) is 53.8 Å². The number of aromatic nitrogens is 3. The lowest BCUT2D eigenvalue weighted by Gasteiger charge is -2.41. The minimum absolute atomic E-state index is 0.0701. The van der Waals surface area contributed by atoms with E-state index >= 15 is 0 Å². The van der Waals surface area contributed by atoms with E-state index in [4.69, 9.17) is 9.98 Å². The van der Waals surface area contributed by atoms with Gasteiger partial charge in [-0.15, -0.1) is 0 Å². The molecule has 0 bridgehead atoms. The predicted octanol–water partition coefficient (Wildman–Crippen LogP) is 1.99. The zero-order valence-corrected chi connectivity index (χ0v) is 14.0. The first-order valence-electron chi connectivity index (χ1n) is 8.53. The number of anilines is 1. The summed E-state index contributed by atoms with van der Waals surface area (Å²) in [5.74, 6) is 1.80. The molecule has 7 nitrogen and oxygen atoms in total. The number of nitrogens with zero attached hydrogens (tertiary/aromatic N) is 6. The van der Waals surface area contributed by atoms with Crippen molar-refractivity contribution in [1.82, 2.24) is 24.8 Å². The van der Waals surface area contributed by atoms with Gasteiger partial charge in [0.15, 0.2) is 0 Å². The number of guanidine groups is 1. The van der Waals surface area contributed by atoms with Gasteiger partial charge in [0.1, 0.15) is 6.17 Å². The predicted molar refractivity (Wildman–Crippen MR) is 97.3 cm³/mol. The summed E-state index contributed by atoms with van der Waals surface area (Å²) in [6.45, 7) is 4.60. The monoisotopic (exact) mass is 333 g/mol. The van der Waals surface area contributed by atoms with Crippen molar-refractivity contribution in [2.45, 2.75) is 13.1 Å². The summed E-state index contributed by atoms with van der Waals surface area (Å²) in [6.07, 6.45) is 3.62. The van der Waals surface area contributed by atoms with Gasteiger partial charge in [0.25, 0.3) is 0 Å². The zero-order chi connectivity index (χ0) is 16.8. The van der Waals surface area contributed by atoms with Gasteiger partial charge in [0, 0.05) is 18.0 Å².